The molecule has 1 aliphatic heterocycles. The second-order valence-electron chi connectivity index (χ2n) is 11.2. The van der Waals surface area contributed by atoms with Gasteiger partial charge in [0.2, 0.25) is 0 Å². The van der Waals surface area contributed by atoms with Gasteiger partial charge in [-0.3, -0.25) is 9.78 Å². The molecule has 47 heavy (non-hydrogen) atoms. The lowest BCUT2D eigenvalue weighted by Crippen LogP contribution is -2.31. The van der Waals surface area contributed by atoms with Crippen LogP contribution >= 0.6 is 11.8 Å². The van der Waals surface area contributed by atoms with Gasteiger partial charge in [0.1, 0.15) is 0 Å². The topological polar surface area (TPSA) is 118 Å². The van der Waals surface area contributed by atoms with E-state index in [4.69, 9.17) is 9.47 Å². The minimum absolute atomic E-state index is 0.0370. The predicted octanol–water partition coefficient (Wildman–Crippen LogP) is 7.21. The van der Waals surface area contributed by atoms with Crippen molar-refractivity contribution in [3.63, 3.8) is 0 Å². The van der Waals surface area contributed by atoms with Crippen molar-refractivity contribution in [2.24, 2.45) is 0 Å². The minimum Gasteiger partial charge on any atom is -0.478 e. The number of aliphatic hydroxyl groups excluding tert-OH is 1. The Morgan fingerprint density at radius 1 is 0.830 bits per heavy atom. The highest BCUT2D eigenvalue weighted by Gasteiger charge is 2.32. The van der Waals surface area contributed by atoms with Crippen LogP contribution in [0.4, 0.5) is 0 Å². The summed E-state index contributed by atoms with van der Waals surface area (Å²) < 4.78 is 13.1. The van der Waals surface area contributed by atoms with Crippen molar-refractivity contribution >= 4 is 23.6 Å². The quantitative estimate of drug-likeness (QED) is 0.129. The largest absolute Gasteiger partial charge is 0.478 e. The van der Waals surface area contributed by atoms with Gasteiger partial charge in [-0.1, -0.05) is 72.8 Å². The number of aromatic carboxylic acids is 1. The molecule has 0 bridgehead atoms. The molecule has 1 aromatic heterocycles. The Kier molecular flexibility index (Phi) is 10.4. The maximum Gasteiger partial charge on any atom is 0.336 e. The second kappa shape index (κ2) is 15.2. The lowest BCUT2D eigenvalue weighted by atomic mass is 9.99. The van der Waals surface area contributed by atoms with Crippen molar-refractivity contribution in [1.82, 2.24) is 10.3 Å². The second-order valence-corrected chi connectivity index (χ2v) is 12.3. The first-order valence-corrected chi connectivity index (χ1v) is 16.3. The van der Waals surface area contributed by atoms with E-state index in [-0.39, 0.29) is 30.3 Å². The van der Waals surface area contributed by atoms with Crippen molar-refractivity contribution in [3.05, 3.63) is 155 Å². The molecule has 4 aromatic carbocycles. The number of rotatable bonds is 11. The Morgan fingerprint density at radius 2 is 1.62 bits per heavy atom. The number of aromatic nitrogens is 1. The number of nitrogens with zero attached hydrogens (tertiary/aromatic N) is 1. The zero-order valence-electron chi connectivity index (χ0n) is 25.5. The SMILES string of the molecule is O=C(NCc1cccc(-c2cccc([C@H]3O[C@@H](CSc4ccccc4C(=O)O)C[C@@H](c4ccc(CO)cc4)O3)c2)c1)c1cccnc1. The van der Waals surface area contributed by atoms with Gasteiger partial charge in [0, 0.05) is 41.6 Å². The number of ether oxygens (including phenoxy) is 2. The number of pyridine rings is 1. The number of amides is 1. The zero-order chi connectivity index (χ0) is 32.6. The fraction of sp³-hybridized carbons (Fsp3) is 0.184. The molecule has 1 saturated heterocycles. The third kappa shape index (κ3) is 8.14. The summed E-state index contributed by atoms with van der Waals surface area (Å²) in [6.07, 6.45) is 2.61. The number of thioether (sulfide) groups is 1. The molecule has 6 rings (SSSR count). The highest BCUT2D eigenvalue weighted by Crippen LogP contribution is 2.40. The maximum atomic E-state index is 12.5. The first-order chi connectivity index (χ1) is 23.0. The van der Waals surface area contributed by atoms with E-state index in [1.807, 2.05) is 72.8 Å². The van der Waals surface area contributed by atoms with Gasteiger partial charge in [0.15, 0.2) is 6.29 Å². The van der Waals surface area contributed by atoms with E-state index < -0.39 is 12.3 Å². The standard InChI is InChI=1S/C38H34N2O6S/c41-23-25-13-15-27(16-14-25)34-20-32(24-47-35-12-2-1-11-33(35)37(43)44)45-38(46-34)30-9-4-8-29(19-30)28-7-3-6-26(18-28)21-40-36(42)31-10-5-17-39-22-31/h1-19,22,32,34,38,41H,20-21,23-24H2,(H,40,42)(H,43,44)/t32-,34+,38+/m1/s1. The summed E-state index contributed by atoms with van der Waals surface area (Å²) in [5.41, 5.74) is 6.36. The molecule has 3 N–H and O–H groups in total. The Labute approximate surface area is 277 Å². The number of nitrogens with one attached hydrogen (secondary N) is 1. The fourth-order valence-electron chi connectivity index (χ4n) is 5.48. The summed E-state index contributed by atoms with van der Waals surface area (Å²) in [6.45, 7) is 0.335. The number of benzene rings is 4. The summed E-state index contributed by atoms with van der Waals surface area (Å²) in [5.74, 6) is -0.601. The van der Waals surface area contributed by atoms with Gasteiger partial charge < -0.3 is 25.0 Å². The molecule has 0 aliphatic carbocycles. The highest BCUT2D eigenvalue weighted by atomic mass is 32.2. The van der Waals surface area contributed by atoms with Gasteiger partial charge in [-0.15, -0.1) is 11.8 Å². The van der Waals surface area contributed by atoms with E-state index in [2.05, 4.69) is 22.4 Å². The smallest absolute Gasteiger partial charge is 0.336 e. The normalized spacial score (nSPS) is 17.6. The van der Waals surface area contributed by atoms with Crippen LogP contribution in [0, 0.1) is 0 Å². The summed E-state index contributed by atoms with van der Waals surface area (Å²) in [5, 5.41) is 22.2. The molecule has 0 radical (unpaired) electrons. The van der Waals surface area contributed by atoms with E-state index in [1.165, 1.54) is 11.8 Å². The van der Waals surface area contributed by atoms with E-state index in [0.717, 1.165) is 33.4 Å². The zero-order valence-corrected chi connectivity index (χ0v) is 26.3. The molecule has 238 valence electrons. The summed E-state index contributed by atoms with van der Waals surface area (Å²) >= 11 is 1.46. The fourth-order valence-corrected chi connectivity index (χ4v) is 6.55. The molecule has 5 aromatic rings. The first-order valence-electron chi connectivity index (χ1n) is 15.3. The molecule has 0 unspecified atom stereocenters. The minimum atomic E-state index is -0.961. The van der Waals surface area contributed by atoms with Crippen molar-refractivity contribution in [2.45, 2.75) is 43.0 Å². The van der Waals surface area contributed by atoms with Crippen molar-refractivity contribution in [1.29, 1.82) is 0 Å². The Hall–Kier alpha value is -4.80. The van der Waals surface area contributed by atoms with Crippen LogP contribution in [0.1, 0.15) is 61.8 Å². The third-order valence-electron chi connectivity index (χ3n) is 7.95. The van der Waals surface area contributed by atoms with E-state index in [9.17, 15) is 19.8 Å². The maximum absolute atomic E-state index is 12.5. The van der Waals surface area contributed by atoms with Crippen LogP contribution < -0.4 is 5.32 Å². The molecule has 1 fully saturated rings. The van der Waals surface area contributed by atoms with Crippen molar-refractivity contribution < 1.29 is 29.3 Å². The number of aliphatic hydroxyl groups is 1. The van der Waals surface area contributed by atoms with Gasteiger partial charge in [0.05, 0.1) is 29.9 Å². The molecule has 1 amide bonds. The molecule has 0 spiro atoms. The van der Waals surface area contributed by atoms with Crippen LogP contribution in [0.25, 0.3) is 11.1 Å². The van der Waals surface area contributed by atoms with Crippen LogP contribution in [-0.2, 0) is 22.6 Å². The van der Waals surface area contributed by atoms with E-state index >= 15 is 0 Å². The van der Waals surface area contributed by atoms with Gasteiger partial charge in [-0.2, -0.15) is 0 Å². The number of carbonyl (C=O) groups is 2. The Bertz CT molecular complexity index is 1830. The average Bonchev–Trinajstić information content (AvgIpc) is 3.13. The van der Waals surface area contributed by atoms with Gasteiger partial charge >= 0.3 is 5.97 Å². The van der Waals surface area contributed by atoms with Gasteiger partial charge in [-0.25, -0.2) is 4.79 Å². The number of hydrogen-bond acceptors (Lipinski definition) is 7. The van der Waals surface area contributed by atoms with E-state index in [0.29, 0.717) is 29.2 Å². The number of carboxylic acids is 1. The monoisotopic (exact) mass is 646 g/mol. The molecule has 0 saturated carbocycles. The molecule has 3 atom stereocenters. The predicted molar refractivity (Wildman–Crippen MR) is 180 cm³/mol. The summed E-state index contributed by atoms with van der Waals surface area (Å²) in [6, 6.07) is 34.2. The van der Waals surface area contributed by atoms with Crippen LogP contribution in [0.2, 0.25) is 0 Å². The molecular weight excluding hydrogens is 612 g/mol. The first kappa shape index (κ1) is 32.2. The summed E-state index contributed by atoms with van der Waals surface area (Å²) in [7, 11) is 0. The number of carboxylic acid groups (broad SMARTS) is 1. The van der Waals surface area contributed by atoms with Gasteiger partial charge in [-0.05, 0) is 64.2 Å². The van der Waals surface area contributed by atoms with Crippen LogP contribution in [0.5, 0.6) is 0 Å². The summed E-state index contributed by atoms with van der Waals surface area (Å²) in [4.78, 5) is 29.0. The molecule has 9 heteroatoms. The highest BCUT2D eigenvalue weighted by molar-refractivity contribution is 7.99. The number of hydrogen-bond donors (Lipinski definition) is 3. The number of carbonyl (C=O) groups excluding carboxylic acids is 1. The lowest BCUT2D eigenvalue weighted by Gasteiger charge is -2.36. The molecular formula is C38H34N2O6S. The Balaban J connectivity index is 1.21. The van der Waals surface area contributed by atoms with Crippen LogP contribution in [-0.4, -0.2) is 38.9 Å². The van der Waals surface area contributed by atoms with Crippen molar-refractivity contribution in [3.8, 4) is 11.1 Å². The molecule has 8 nitrogen and oxygen atoms in total. The molecule has 2 heterocycles. The van der Waals surface area contributed by atoms with Crippen molar-refractivity contribution in [2.75, 3.05) is 5.75 Å². The van der Waals surface area contributed by atoms with Gasteiger partial charge in [0.25, 0.3) is 5.91 Å². The average molecular weight is 647 g/mol. The lowest BCUT2D eigenvalue weighted by molar-refractivity contribution is -0.245. The molecule has 1 aliphatic rings. The van der Waals surface area contributed by atoms with E-state index in [1.54, 1.807) is 36.7 Å². The van der Waals surface area contributed by atoms with Crippen LogP contribution in [0.3, 0.4) is 0 Å². The Morgan fingerprint density at radius 3 is 2.38 bits per heavy atom. The van der Waals surface area contributed by atoms with Crippen LogP contribution in [0.15, 0.2) is 126 Å². The third-order valence-corrected chi connectivity index (χ3v) is 9.16.